The minimum absolute atomic E-state index is 0.180. The number of hydrogen-bond acceptors (Lipinski definition) is 5. The van der Waals surface area contributed by atoms with Crippen LogP contribution in [0.25, 0.3) is 0 Å². The summed E-state index contributed by atoms with van der Waals surface area (Å²) in [6.45, 7) is 0. The number of methoxy groups -OCH3 is 2. The molecule has 0 amide bonds. The van der Waals surface area contributed by atoms with Gasteiger partial charge in [-0.15, -0.1) is 0 Å². The average molecular weight is 201 g/mol. The van der Waals surface area contributed by atoms with Gasteiger partial charge in [0.2, 0.25) is 0 Å². The van der Waals surface area contributed by atoms with Crippen molar-refractivity contribution in [1.82, 2.24) is 9.97 Å². The average Bonchev–Trinajstić information content (AvgIpc) is 2.57. The lowest BCUT2D eigenvalue weighted by atomic mass is 10.1. The molecule has 4 N–H and O–H groups in total. The molecule has 0 fully saturated rings. The highest BCUT2D eigenvalue weighted by atomic mass is 16.7. The number of H-pyrrole nitrogens is 1. The van der Waals surface area contributed by atoms with Crippen LogP contribution in [-0.4, -0.2) is 41.3 Å². The molecule has 1 unspecified atom stereocenters. The summed E-state index contributed by atoms with van der Waals surface area (Å²) >= 11 is 0. The van der Waals surface area contributed by atoms with Crippen LogP contribution in [0, 0.1) is 0 Å². The number of nitrogens with zero attached hydrogens (tertiary/aromatic N) is 1. The van der Waals surface area contributed by atoms with Crippen LogP contribution in [0.4, 0.5) is 0 Å². The summed E-state index contributed by atoms with van der Waals surface area (Å²) in [7, 11) is 2.83. The number of aromatic nitrogens is 2. The van der Waals surface area contributed by atoms with Gasteiger partial charge in [-0.05, 0) is 0 Å². The van der Waals surface area contributed by atoms with Crippen molar-refractivity contribution in [3.05, 3.63) is 18.2 Å². The van der Waals surface area contributed by atoms with Crippen LogP contribution in [0.15, 0.2) is 12.5 Å². The molecular formula is C8H15N3O3. The van der Waals surface area contributed by atoms with Crippen LogP contribution < -0.4 is 5.73 Å². The summed E-state index contributed by atoms with van der Waals surface area (Å²) in [6, 6.07) is 0. The summed E-state index contributed by atoms with van der Waals surface area (Å²) in [4.78, 5) is 6.65. The number of aliphatic hydroxyl groups is 1. The Kier molecular flexibility index (Phi) is 3.59. The third kappa shape index (κ3) is 2.52. The van der Waals surface area contributed by atoms with E-state index in [0.29, 0.717) is 5.69 Å². The number of nitrogens with two attached hydrogens (primary N) is 1. The Labute approximate surface area is 82.0 Å². The largest absolute Gasteiger partial charge is 0.371 e. The molecule has 80 valence electrons. The molecule has 6 nitrogen and oxygen atoms in total. The van der Waals surface area contributed by atoms with E-state index in [0.717, 1.165) is 0 Å². The minimum Gasteiger partial charge on any atom is -0.371 e. The Hall–Kier alpha value is -0.950. The predicted octanol–water partition coefficient (Wildman–Crippen LogP) is -0.782. The highest BCUT2D eigenvalue weighted by molar-refractivity contribution is 5.00. The number of imidazole rings is 1. The van der Waals surface area contributed by atoms with Gasteiger partial charge in [-0.2, -0.15) is 0 Å². The predicted molar refractivity (Wildman–Crippen MR) is 49.2 cm³/mol. The van der Waals surface area contributed by atoms with Crippen molar-refractivity contribution < 1.29 is 14.6 Å². The number of rotatable bonds is 5. The zero-order valence-corrected chi connectivity index (χ0v) is 8.23. The standard InChI is InChI=1S/C8H15N3O3/c1-13-7(14-2)8(9,12)3-6-4-10-5-11-6/h4-5,7,12H,3,9H2,1-2H3,(H,10,11). The maximum atomic E-state index is 9.83. The lowest BCUT2D eigenvalue weighted by molar-refractivity contribution is -0.212. The first-order chi connectivity index (χ1) is 6.60. The van der Waals surface area contributed by atoms with Crippen LogP contribution in [0.2, 0.25) is 0 Å². The molecule has 1 aromatic heterocycles. The third-order valence-corrected chi connectivity index (χ3v) is 1.86. The van der Waals surface area contributed by atoms with E-state index in [2.05, 4.69) is 9.97 Å². The van der Waals surface area contributed by atoms with Crippen LogP contribution in [-0.2, 0) is 15.9 Å². The highest BCUT2D eigenvalue weighted by Crippen LogP contribution is 2.13. The SMILES string of the molecule is COC(OC)C(N)(O)Cc1cnc[nH]1. The number of hydrogen-bond donors (Lipinski definition) is 3. The van der Waals surface area contributed by atoms with Crippen molar-refractivity contribution in [3.8, 4) is 0 Å². The molecule has 0 aromatic carbocycles. The second kappa shape index (κ2) is 4.52. The Balaban J connectivity index is 2.65. The minimum atomic E-state index is -1.57. The molecule has 0 aliphatic heterocycles. The monoisotopic (exact) mass is 201 g/mol. The van der Waals surface area contributed by atoms with Crippen LogP contribution in [0.5, 0.6) is 0 Å². The first-order valence-electron chi connectivity index (χ1n) is 4.14. The van der Waals surface area contributed by atoms with Gasteiger partial charge >= 0.3 is 0 Å². The van der Waals surface area contributed by atoms with Crippen molar-refractivity contribution in [2.45, 2.75) is 18.4 Å². The normalized spacial score (nSPS) is 15.8. The second-order valence-electron chi connectivity index (χ2n) is 3.05. The highest BCUT2D eigenvalue weighted by Gasteiger charge is 2.33. The smallest absolute Gasteiger partial charge is 0.199 e. The zero-order chi connectivity index (χ0) is 10.6. The first kappa shape index (κ1) is 11.1. The van der Waals surface area contributed by atoms with Crippen LogP contribution in [0.1, 0.15) is 5.69 Å². The van der Waals surface area contributed by atoms with E-state index in [4.69, 9.17) is 15.2 Å². The van der Waals surface area contributed by atoms with Crippen LogP contribution >= 0.6 is 0 Å². The molecule has 0 bridgehead atoms. The van der Waals surface area contributed by atoms with Gasteiger partial charge in [0.05, 0.1) is 6.33 Å². The van der Waals surface area contributed by atoms with Crippen molar-refractivity contribution in [2.75, 3.05) is 14.2 Å². The van der Waals surface area contributed by atoms with E-state index in [1.807, 2.05) is 0 Å². The molecule has 0 aliphatic rings. The van der Waals surface area contributed by atoms with E-state index in [1.165, 1.54) is 20.5 Å². The van der Waals surface area contributed by atoms with Gasteiger partial charge in [0.15, 0.2) is 12.0 Å². The van der Waals surface area contributed by atoms with Gasteiger partial charge < -0.3 is 19.6 Å². The summed E-state index contributed by atoms with van der Waals surface area (Å²) in [5.41, 5.74) is 4.77. The Bertz CT molecular complexity index is 257. The lowest BCUT2D eigenvalue weighted by Gasteiger charge is -2.29. The van der Waals surface area contributed by atoms with Crippen LogP contribution in [0.3, 0.4) is 0 Å². The maximum Gasteiger partial charge on any atom is 0.199 e. The Morgan fingerprint density at radius 3 is 2.71 bits per heavy atom. The zero-order valence-electron chi connectivity index (χ0n) is 8.23. The lowest BCUT2D eigenvalue weighted by Crippen LogP contribution is -2.54. The van der Waals surface area contributed by atoms with E-state index >= 15 is 0 Å². The fourth-order valence-electron chi connectivity index (χ4n) is 1.27. The van der Waals surface area contributed by atoms with Gasteiger partial charge in [0, 0.05) is 32.5 Å². The van der Waals surface area contributed by atoms with Crippen molar-refractivity contribution in [3.63, 3.8) is 0 Å². The molecule has 0 aliphatic carbocycles. The molecule has 14 heavy (non-hydrogen) atoms. The molecule has 0 radical (unpaired) electrons. The Morgan fingerprint density at radius 1 is 1.64 bits per heavy atom. The number of ether oxygens (including phenoxy) is 2. The number of aromatic amines is 1. The maximum absolute atomic E-state index is 9.83. The second-order valence-corrected chi connectivity index (χ2v) is 3.05. The topological polar surface area (TPSA) is 93.4 Å². The third-order valence-electron chi connectivity index (χ3n) is 1.86. The molecule has 6 heteroatoms. The molecule has 0 spiro atoms. The van der Waals surface area contributed by atoms with Crippen molar-refractivity contribution in [1.29, 1.82) is 0 Å². The van der Waals surface area contributed by atoms with Gasteiger partial charge in [-0.3, -0.25) is 5.73 Å². The molecular weight excluding hydrogens is 186 g/mol. The molecule has 0 saturated heterocycles. The van der Waals surface area contributed by atoms with Gasteiger partial charge in [0.1, 0.15) is 0 Å². The van der Waals surface area contributed by atoms with E-state index < -0.39 is 12.0 Å². The fraction of sp³-hybridized carbons (Fsp3) is 0.625. The van der Waals surface area contributed by atoms with Crippen molar-refractivity contribution >= 4 is 0 Å². The van der Waals surface area contributed by atoms with E-state index in [-0.39, 0.29) is 6.42 Å². The molecule has 1 aromatic rings. The van der Waals surface area contributed by atoms with Gasteiger partial charge in [-0.1, -0.05) is 0 Å². The summed E-state index contributed by atoms with van der Waals surface area (Å²) in [5.74, 6) is 0. The summed E-state index contributed by atoms with van der Waals surface area (Å²) in [5, 5.41) is 9.83. The summed E-state index contributed by atoms with van der Waals surface area (Å²) in [6.07, 6.45) is 2.41. The van der Waals surface area contributed by atoms with E-state index in [1.54, 1.807) is 6.20 Å². The van der Waals surface area contributed by atoms with Gasteiger partial charge in [0.25, 0.3) is 0 Å². The fourth-order valence-corrected chi connectivity index (χ4v) is 1.27. The first-order valence-corrected chi connectivity index (χ1v) is 4.14. The summed E-state index contributed by atoms with van der Waals surface area (Å²) < 4.78 is 9.76. The Morgan fingerprint density at radius 2 is 2.29 bits per heavy atom. The molecule has 0 saturated carbocycles. The van der Waals surface area contributed by atoms with Gasteiger partial charge in [-0.25, -0.2) is 4.98 Å². The molecule has 1 heterocycles. The quantitative estimate of drug-likeness (QED) is 0.543. The van der Waals surface area contributed by atoms with Crippen molar-refractivity contribution in [2.24, 2.45) is 5.73 Å². The number of nitrogens with one attached hydrogen (secondary N) is 1. The van der Waals surface area contributed by atoms with E-state index in [9.17, 15) is 5.11 Å². The molecule has 1 rings (SSSR count). The molecule has 1 atom stereocenters.